The van der Waals surface area contributed by atoms with Gasteiger partial charge >= 0.3 is 5.97 Å². The maximum absolute atomic E-state index is 12.7. The molecule has 0 N–H and O–H groups in total. The summed E-state index contributed by atoms with van der Waals surface area (Å²) in [6.45, 7) is 4.35. The lowest BCUT2D eigenvalue weighted by Gasteiger charge is -2.25. The quantitative estimate of drug-likeness (QED) is 0.682. The Morgan fingerprint density at radius 1 is 1.04 bits per heavy atom. The van der Waals surface area contributed by atoms with Gasteiger partial charge in [-0.2, -0.15) is 0 Å². The van der Waals surface area contributed by atoms with Crippen LogP contribution in [0.25, 0.3) is 0 Å². The number of rotatable bonds is 8. The predicted molar refractivity (Wildman–Crippen MR) is 99.7 cm³/mol. The lowest BCUT2D eigenvalue weighted by Crippen LogP contribution is -2.39. The Kier molecular flexibility index (Phi) is 7.21. The highest BCUT2D eigenvalue weighted by molar-refractivity contribution is 5.79. The summed E-state index contributed by atoms with van der Waals surface area (Å²) in [5.41, 5.74) is 2.12. The van der Waals surface area contributed by atoms with Crippen molar-refractivity contribution in [2.45, 2.75) is 20.4 Å². The molecule has 0 saturated carbocycles. The Hall–Kier alpha value is -2.82. The van der Waals surface area contributed by atoms with Crippen molar-refractivity contribution >= 4 is 11.9 Å². The van der Waals surface area contributed by atoms with E-state index in [0.717, 1.165) is 11.1 Å². The third kappa shape index (κ3) is 5.92. The van der Waals surface area contributed by atoms with Gasteiger partial charge in [0.2, 0.25) is 0 Å². The van der Waals surface area contributed by atoms with Gasteiger partial charge in [0.05, 0.1) is 13.0 Å². The average molecular weight is 355 g/mol. The first-order valence-corrected chi connectivity index (χ1v) is 8.58. The summed E-state index contributed by atoms with van der Waals surface area (Å²) in [5.74, 6) is -0.280. The summed E-state index contributed by atoms with van der Waals surface area (Å²) in [6.07, 6.45) is 0. The summed E-state index contributed by atoms with van der Waals surface area (Å²) in [5, 5.41) is 0. The molecule has 2 rings (SSSR count). The van der Waals surface area contributed by atoms with Crippen LogP contribution in [0.4, 0.5) is 0 Å². The van der Waals surface area contributed by atoms with Crippen molar-refractivity contribution in [2.75, 3.05) is 20.3 Å². The molecule has 0 aliphatic carbocycles. The van der Waals surface area contributed by atoms with Gasteiger partial charge in [-0.15, -0.1) is 0 Å². The van der Waals surface area contributed by atoms with E-state index in [-0.39, 0.29) is 25.0 Å². The van der Waals surface area contributed by atoms with Gasteiger partial charge in [0, 0.05) is 13.1 Å². The number of hydrogen-bond donors (Lipinski definition) is 0. The van der Waals surface area contributed by atoms with Gasteiger partial charge < -0.3 is 14.4 Å². The topological polar surface area (TPSA) is 55.8 Å². The van der Waals surface area contributed by atoms with E-state index < -0.39 is 5.92 Å². The fourth-order valence-corrected chi connectivity index (χ4v) is 2.54. The molecule has 2 aromatic carbocycles. The first-order valence-electron chi connectivity index (χ1n) is 8.58. The Bertz CT molecular complexity index is 713. The third-order valence-electron chi connectivity index (χ3n) is 4.05. The van der Waals surface area contributed by atoms with Crippen molar-refractivity contribution in [1.82, 2.24) is 4.90 Å². The van der Waals surface area contributed by atoms with Crippen LogP contribution in [0.1, 0.15) is 18.1 Å². The van der Waals surface area contributed by atoms with Gasteiger partial charge in [-0.3, -0.25) is 9.59 Å². The van der Waals surface area contributed by atoms with E-state index in [1.54, 1.807) is 11.8 Å². The van der Waals surface area contributed by atoms with Crippen molar-refractivity contribution in [2.24, 2.45) is 5.92 Å². The van der Waals surface area contributed by atoms with Gasteiger partial charge in [-0.05, 0) is 24.6 Å². The minimum absolute atomic E-state index is 0.0796. The number of nitrogens with zero attached hydrogens (tertiary/aromatic N) is 1. The molecule has 0 fully saturated rings. The van der Waals surface area contributed by atoms with Gasteiger partial charge in [0.1, 0.15) is 5.75 Å². The first kappa shape index (κ1) is 19.5. The molecule has 138 valence electrons. The third-order valence-corrected chi connectivity index (χ3v) is 4.05. The number of aryl methyl sites for hydroxylation is 1. The number of ether oxygens (including phenoxy) is 2. The molecule has 5 nitrogen and oxygen atoms in total. The number of carbonyl (C=O) groups excluding carboxylic acids is 2. The maximum atomic E-state index is 12.7. The smallest absolute Gasteiger partial charge is 0.310 e. The van der Waals surface area contributed by atoms with Crippen molar-refractivity contribution in [3.8, 4) is 5.75 Å². The number of amides is 1. The lowest BCUT2D eigenvalue weighted by molar-refractivity contribution is -0.147. The van der Waals surface area contributed by atoms with E-state index in [2.05, 4.69) is 0 Å². The van der Waals surface area contributed by atoms with Crippen LogP contribution in [0.15, 0.2) is 54.6 Å². The second-order valence-electron chi connectivity index (χ2n) is 6.29. The number of hydrogen-bond acceptors (Lipinski definition) is 4. The molecule has 5 heteroatoms. The van der Waals surface area contributed by atoms with E-state index in [1.165, 1.54) is 7.11 Å². The molecule has 0 aromatic heterocycles. The molecule has 0 heterocycles. The Balaban J connectivity index is 2.04. The molecule has 0 saturated heterocycles. The molecule has 1 atom stereocenters. The van der Waals surface area contributed by atoms with E-state index in [1.807, 2.05) is 61.5 Å². The summed E-state index contributed by atoms with van der Waals surface area (Å²) in [4.78, 5) is 26.1. The fourth-order valence-electron chi connectivity index (χ4n) is 2.54. The molecule has 0 radical (unpaired) electrons. The Morgan fingerprint density at radius 2 is 1.69 bits per heavy atom. The van der Waals surface area contributed by atoms with Crippen LogP contribution in [0.2, 0.25) is 0 Å². The summed E-state index contributed by atoms with van der Waals surface area (Å²) >= 11 is 0. The van der Waals surface area contributed by atoms with E-state index in [9.17, 15) is 9.59 Å². The number of carbonyl (C=O) groups is 2. The van der Waals surface area contributed by atoms with Crippen molar-refractivity contribution in [1.29, 1.82) is 0 Å². The molecule has 26 heavy (non-hydrogen) atoms. The molecule has 1 amide bonds. The molecular weight excluding hydrogens is 330 g/mol. The van der Waals surface area contributed by atoms with E-state index in [4.69, 9.17) is 9.47 Å². The highest BCUT2D eigenvalue weighted by Crippen LogP contribution is 2.13. The monoisotopic (exact) mass is 355 g/mol. The largest absolute Gasteiger partial charge is 0.484 e. The van der Waals surface area contributed by atoms with Crippen molar-refractivity contribution in [3.05, 3.63) is 65.7 Å². The second-order valence-corrected chi connectivity index (χ2v) is 6.29. The Morgan fingerprint density at radius 3 is 2.31 bits per heavy atom. The number of esters is 1. The fraction of sp³-hybridized carbons (Fsp3) is 0.333. The lowest BCUT2D eigenvalue weighted by atomic mass is 10.1. The van der Waals surface area contributed by atoms with Gasteiger partial charge in [-0.25, -0.2) is 0 Å². The standard InChI is InChI=1S/C21H25NO4/c1-16-9-11-19(12-10-16)26-15-20(23)22(13-17(2)21(24)25-3)14-18-7-5-4-6-8-18/h4-12,17H,13-15H2,1-3H3. The summed E-state index contributed by atoms with van der Waals surface area (Å²) < 4.78 is 10.4. The van der Waals surface area contributed by atoms with Crippen LogP contribution in [-0.2, 0) is 20.9 Å². The zero-order valence-electron chi connectivity index (χ0n) is 15.5. The zero-order valence-corrected chi connectivity index (χ0v) is 15.5. The van der Waals surface area contributed by atoms with E-state index >= 15 is 0 Å². The maximum Gasteiger partial charge on any atom is 0.310 e. The van der Waals surface area contributed by atoms with Crippen molar-refractivity contribution in [3.63, 3.8) is 0 Å². The van der Waals surface area contributed by atoms with Gasteiger partial charge in [0.15, 0.2) is 6.61 Å². The summed E-state index contributed by atoms with van der Waals surface area (Å²) in [6, 6.07) is 17.2. The highest BCUT2D eigenvalue weighted by Gasteiger charge is 2.22. The predicted octanol–water partition coefficient (Wildman–Crippen LogP) is 3.21. The molecule has 0 spiro atoms. The molecule has 0 aliphatic rings. The SMILES string of the molecule is COC(=O)C(C)CN(Cc1ccccc1)C(=O)COc1ccc(C)cc1. The van der Waals surface area contributed by atoms with Crippen LogP contribution in [-0.4, -0.2) is 37.0 Å². The van der Waals surface area contributed by atoms with Crippen LogP contribution >= 0.6 is 0 Å². The molecule has 1 unspecified atom stereocenters. The minimum Gasteiger partial charge on any atom is -0.484 e. The molecule has 0 aliphatic heterocycles. The second kappa shape index (κ2) is 9.61. The average Bonchev–Trinajstić information content (AvgIpc) is 2.66. The summed E-state index contributed by atoms with van der Waals surface area (Å²) in [7, 11) is 1.35. The highest BCUT2D eigenvalue weighted by atomic mass is 16.5. The van der Waals surface area contributed by atoms with Crippen LogP contribution in [0, 0.1) is 12.8 Å². The Labute approximate surface area is 154 Å². The molecule has 2 aromatic rings. The normalized spacial score (nSPS) is 11.5. The van der Waals surface area contributed by atoms with E-state index in [0.29, 0.717) is 12.3 Å². The molecular formula is C21H25NO4. The molecule has 0 bridgehead atoms. The first-order chi connectivity index (χ1) is 12.5. The van der Waals surface area contributed by atoms with Gasteiger partial charge in [-0.1, -0.05) is 55.0 Å². The van der Waals surface area contributed by atoms with Crippen molar-refractivity contribution < 1.29 is 19.1 Å². The van der Waals surface area contributed by atoms with Gasteiger partial charge in [0.25, 0.3) is 5.91 Å². The zero-order chi connectivity index (χ0) is 18.9. The van der Waals surface area contributed by atoms with Crippen LogP contribution in [0.5, 0.6) is 5.75 Å². The number of methoxy groups -OCH3 is 1. The van der Waals surface area contributed by atoms with Crippen LogP contribution < -0.4 is 4.74 Å². The van der Waals surface area contributed by atoms with Crippen LogP contribution in [0.3, 0.4) is 0 Å². The minimum atomic E-state index is -0.410. The number of benzene rings is 2.